The topological polar surface area (TPSA) is 83.7 Å². The highest BCUT2D eigenvalue weighted by Crippen LogP contribution is 2.25. The fraction of sp³-hybridized carbons (Fsp3) is 0.375. The van der Waals surface area contributed by atoms with Gasteiger partial charge in [0.15, 0.2) is 15.1 Å². The van der Waals surface area contributed by atoms with E-state index in [1.165, 1.54) is 21.9 Å². The van der Waals surface area contributed by atoms with Gasteiger partial charge in [0.1, 0.15) is 6.10 Å². The Labute approximate surface area is 115 Å². The summed E-state index contributed by atoms with van der Waals surface area (Å²) in [4.78, 5) is 4.18. The Morgan fingerprint density at radius 1 is 1.58 bits per heavy atom. The van der Waals surface area contributed by atoms with Crippen molar-refractivity contribution < 1.29 is 22.3 Å². The van der Waals surface area contributed by atoms with Gasteiger partial charge in [0.2, 0.25) is 0 Å². The summed E-state index contributed by atoms with van der Waals surface area (Å²) in [6.45, 7) is -0.812. The van der Waals surface area contributed by atoms with E-state index in [2.05, 4.69) is 4.98 Å². The van der Waals surface area contributed by atoms with Gasteiger partial charge in [-0.25, -0.2) is 26.9 Å². The molecule has 1 atom stereocenters. The number of thiazole rings is 1. The minimum Gasteiger partial charge on any atom is -0.386 e. The van der Waals surface area contributed by atoms with Crippen molar-refractivity contribution in [3.63, 3.8) is 0 Å². The largest absolute Gasteiger partial charge is 0.386 e. The van der Waals surface area contributed by atoms with E-state index in [4.69, 9.17) is 16.7 Å². The molecule has 19 heavy (non-hydrogen) atoms. The highest BCUT2D eigenvalue weighted by atomic mass is 35.5. The van der Waals surface area contributed by atoms with Gasteiger partial charge >= 0.3 is 0 Å². The number of alkyl halides is 2. The van der Waals surface area contributed by atoms with Crippen LogP contribution in [-0.2, 0) is 10.0 Å². The summed E-state index contributed by atoms with van der Waals surface area (Å²) >= 11 is 6.89. The van der Waals surface area contributed by atoms with Crippen LogP contribution in [0, 0.1) is 0 Å². The lowest BCUT2D eigenvalue weighted by Crippen LogP contribution is -2.36. The summed E-state index contributed by atoms with van der Waals surface area (Å²) in [6.07, 6.45) is -3.68. The van der Waals surface area contributed by atoms with E-state index in [1.54, 1.807) is 5.38 Å². The predicted molar refractivity (Wildman–Crippen MR) is 65.3 cm³/mol. The van der Waals surface area contributed by atoms with Gasteiger partial charge in [-0.3, -0.25) is 4.40 Å². The maximum atomic E-state index is 12.1. The summed E-state index contributed by atoms with van der Waals surface area (Å²) in [5.41, 5.74) is 0. The van der Waals surface area contributed by atoms with Crippen LogP contribution in [0.2, 0.25) is 5.15 Å². The van der Waals surface area contributed by atoms with E-state index in [0.29, 0.717) is 4.96 Å². The van der Waals surface area contributed by atoms with Crippen molar-refractivity contribution in [2.45, 2.75) is 17.6 Å². The highest BCUT2D eigenvalue weighted by molar-refractivity contribution is 7.89. The van der Waals surface area contributed by atoms with Crippen LogP contribution in [-0.4, -0.2) is 42.0 Å². The van der Waals surface area contributed by atoms with Gasteiger partial charge in [-0.1, -0.05) is 11.6 Å². The van der Waals surface area contributed by atoms with Gasteiger partial charge in [0.25, 0.3) is 16.4 Å². The summed E-state index contributed by atoms with van der Waals surface area (Å²) in [7, 11) is -4.14. The van der Waals surface area contributed by atoms with Crippen LogP contribution in [0.4, 0.5) is 8.78 Å². The fourth-order valence-corrected chi connectivity index (χ4v) is 3.83. The molecule has 106 valence electrons. The van der Waals surface area contributed by atoms with Crippen LogP contribution in [0.25, 0.3) is 4.96 Å². The maximum absolute atomic E-state index is 12.1. The third kappa shape index (κ3) is 2.87. The first kappa shape index (κ1) is 14.6. The third-order valence-electron chi connectivity index (χ3n) is 2.21. The average Bonchev–Trinajstić information content (AvgIpc) is 2.84. The zero-order valence-corrected chi connectivity index (χ0v) is 11.5. The van der Waals surface area contributed by atoms with Gasteiger partial charge in [0.05, 0.1) is 0 Å². The molecule has 0 saturated carbocycles. The molecule has 0 aliphatic carbocycles. The molecule has 0 amide bonds. The molecule has 0 aliphatic rings. The Kier molecular flexibility index (Phi) is 4.06. The van der Waals surface area contributed by atoms with Crippen LogP contribution in [0.1, 0.15) is 0 Å². The molecule has 11 heteroatoms. The average molecular weight is 332 g/mol. The molecule has 0 spiro atoms. The normalized spacial score (nSPS) is 14.4. The van der Waals surface area contributed by atoms with Crippen molar-refractivity contribution in [2.24, 2.45) is 0 Å². The lowest BCUT2D eigenvalue weighted by molar-refractivity contribution is -0.000459. The van der Waals surface area contributed by atoms with Gasteiger partial charge in [0, 0.05) is 18.1 Å². The number of aromatic nitrogens is 2. The first-order valence-electron chi connectivity index (χ1n) is 4.90. The number of nitrogens with one attached hydrogen (secondary N) is 1. The molecule has 6 nitrogen and oxygen atoms in total. The molecule has 2 N–H and O–H groups in total. The monoisotopic (exact) mass is 331 g/mol. The number of imidazole rings is 1. The van der Waals surface area contributed by atoms with E-state index >= 15 is 0 Å². The quantitative estimate of drug-likeness (QED) is 0.854. The molecule has 2 rings (SSSR count). The molecule has 0 saturated heterocycles. The molecule has 1 unspecified atom stereocenters. The molecule has 0 bridgehead atoms. The smallest absolute Gasteiger partial charge is 0.265 e. The van der Waals surface area contributed by atoms with Crippen LogP contribution in [0.15, 0.2) is 16.6 Å². The minimum atomic E-state index is -4.14. The van der Waals surface area contributed by atoms with E-state index in [-0.39, 0.29) is 10.2 Å². The third-order valence-corrected chi connectivity index (χ3v) is 4.78. The second kappa shape index (κ2) is 5.29. The first-order valence-corrected chi connectivity index (χ1v) is 7.64. The number of aliphatic hydroxyl groups excluding tert-OH is 1. The Hall–Kier alpha value is -0.810. The number of aliphatic hydroxyl groups is 1. The number of halogens is 3. The van der Waals surface area contributed by atoms with Crippen molar-refractivity contribution in [3.8, 4) is 0 Å². The van der Waals surface area contributed by atoms with Crippen LogP contribution in [0.5, 0.6) is 0 Å². The zero-order chi connectivity index (χ0) is 14.2. The highest BCUT2D eigenvalue weighted by Gasteiger charge is 2.27. The molecule has 0 aromatic carbocycles. The van der Waals surface area contributed by atoms with Gasteiger partial charge in [-0.05, 0) is 0 Å². The molecule has 2 aromatic heterocycles. The number of sulfonamides is 1. The van der Waals surface area contributed by atoms with Crippen molar-refractivity contribution in [1.82, 2.24) is 14.1 Å². The Morgan fingerprint density at radius 2 is 2.26 bits per heavy atom. The van der Waals surface area contributed by atoms with Gasteiger partial charge in [-0.15, -0.1) is 11.3 Å². The van der Waals surface area contributed by atoms with Gasteiger partial charge in [-0.2, -0.15) is 0 Å². The molecule has 0 fully saturated rings. The first-order chi connectivity index (χ1) is 8.83. The van der Waals surface area contributed by atoms with E-state index in [0.717, 1.165) is 0 Å². The number of hydrogen-bond acceptors (Lipinski definition) is 5. The molecular formula is C8H8ClF2N3O3S2. The fourth-order valence-electron chi connectivity index (χ4n) is 1.33. The number of hydrogen-bond donors (Lipinski definition) is 2. The lowest BCUT2D eigenvalue weighted by atomic mass is 10.4. The molecule has 2 aromatic rings. The van der Waals surface area contributed by atoms with Crippen molar-refractivity contribution in [3.05, 3.63) is 16.7 Å². The van der Waals surface area contributed by atoms with Crippen LogP contribution < -0.4 is 4.72 Å². The lowest BCUT2D eigenvalue weighted by Gasteiger charge is -2.10. The summed E-state index contributed by atoms with van der Waals surface area (Å²) in [5.74, 6) is 0. The standard InChI is InChI=1S/C8H8ClF2N3O3S2/c9-5-7(14-1-2-18-8(14)13-5)19(16,17)12-3-4(15)6(10)11/h1-2,4,6,12,15H,3H2. The predicted octanol–water partition coefficient (Wildman–Crippen LogP) is 0.953. The number of nitrogens with zero attached hydrogens (tertiary/aromatic N) is 2. The van der Waals surface area contributed by atoms with Gasteiger partial charge < -0.3 is 5.11 Å². The molecule has 0 aliphatic heterocycles. The number of fused-ring (bicyclic) bond motifs is 1. The summed E-state index contributed by atoms with van der Waals surface area (Å²) in [6, 6.07) is 0. The Morgan fingerprint density at radius 3 is 2.89 bits per heavy atom. The van der Waals surface area contributed by atoms with Crippen molar-refractivity contribution >= 4 is 37.9 Å². The Balaban J connectivity index is 2.29. The molecule has 0 radical (unpaired) electrons. The zero-order valence-electron chi connectivity index (χ0n) is 9.13. The minimum absolute atomic E-state index is 0.258. The molecular weight excluding hydrogens is 324 g/mol. The second-order valence-corrected chi connectivity index (χ2v) is 6.43. The molecule has 2 heterocycles. The van der Waals surface area contributed by atoms with Crippen molar-refractivity contribution in [2.75, 3.05) is 6.54 Å². The van der Waals surface area contributed by atoms with Crippen molar-refractivity contribution in [1.29, 1.82) is 0 Å². The van der Waals surface area contributed by atoms with E-state index in [9.17, 15) is 17.2 Å². The van der Waals surface area contributed by atoms with E-state index in [1.807, 2.05) is 4.72 Å². The number of rotatable bonds is 5. The summed E-state index contributed by atoms with van der Waals surface area (Å²) < 4.78 is 51.2. The van der Waals surface area contributed by atoms with Crippen LogP contribution in [0.3, 0.4) is 0 Å². The van der Waals surface area contributed by atoms with Crippen LogP contribution >= 0.6 is 22.9 Å². The Bertz CT molecular complexity index is 685. The summed E-state index contributed by atoms with van der Waals surface area (Å²) in [5, 5.41) is 9.90. The maximum Gasteiger partial charge on any atom is 0.265 e. The second-order valence-electron chi connectivity index (χ2n) is 3.52. The SMILES string of the molecule is O=S(=O)(NCC(O)C(F)F)c1c(Cl)nc2sccn12. The van der Waals surface area contributed by atoms with E-state index < -0.39 is 29.1 Å².